The molecule has 2 heterocycles. The number of carbonyl (C=O) groups excluding carboxylic acids is 3. The van der Waals surface area contributed by atoms with Gasteiger partial charge in [0.25, 0.3) is 11.4 Å². The van der Waals surface area contributed by atoms with Crippen molar-refractivity contribution in [1.29, 1.82) is 0 Å². The first-order valence-corrected chi connectivity index (χ1v) is 20.8. The lowest BCUT2D eigenvalue weighted by molar-refractivity contribution is -0.385. The minimum Gasteiger partial charge on any atom is -0.497 e. The number of carboxylic acids is 1. The second-order valence-corrected chi connectivity index (χ2v) is 14.9. The number of carbonyl (C=O) groups is 4. The number of aliphatic carboxylic acids is 1. The Kier molecular flexibility index (Phi) is 22.2. The quantitative estimate of drug-likeness (QED) is 0.0581. The van der Waals surface area contributed by atoms with E-state index in [1.165, 1.54) is 59.7 Å². The Bertz CT molecular complexity index is 2080. The van der Waals surface area contributed by atoms with Gasteiger partial charge in [-0.1, -0.05) is 31.7 Å². The first kappa shape index (κ1) is 51.8. The topological polar surface area (TPSA) is 215 Å². The standard InChI is InChI=1S/C23H27N3O5.C12H18N2O.C11H11NO5.CH4/c1-31-21-11-5-18(6-12-21)17-24-13-15-25(16-14-24)23(28)4-2-3-22(27)19-7-9-20(10-8-19)26(29)30;1-15-12-4-2-11(3-5-12)10-14-8-6-13-7-9-14;13-10(2-1-3-11(14)15)8-4-6-9(7-5-8)12(16)17;/h5-12H,2-4,13-17H2,1H3;2-5,13H,6-10H2,1H3;4-7H,1-3H2,(H,14,15);1H4. The van der Waals surface area contributed by atoms with Gasteiger partial charge in [-0.25, -0.2) is 0 Å². The third-order valence-electron chi connectivity index (χ3n) is 10.5. The summed E-state index contributed by atoms with van der Waals surface area (Å²) in [5.74, 6) is 0.584. The van der Waals surface area contributed by atoms with Crippen LogP contribution in [0.5, 0.6) is 11.5 Å². The fourth-order valence-electron chi connectivity index (χ4n) is 6.79. The van der Waals surface area contributed by atoms with E-state index in [1.54, 1.807) is 14.2 Å². The highest BCUT2D eigenvalue weighted by Crippen LogP contribution is 2.18. The molecule has 0 aliphatic carbocycles. The summed E-state index contributed by atoms with van der Waals surface area (Å²) in [6, 6.07) is 27.2. The van der Waals surface area contributed by atoms with Crippen LogP contribution in [0.4, 0.5) is 11.4 Å². The third-order valence-corrected chi connectivity index (χ3v) is 10.5. The molecule has 2 aliphatic heterocycles. The van der Waals surface area contributed by atoms with Gasteiger partial charge in [0.05, 0.1) is 24.1 Å². The van der Waals surface area contributed by atoms with Crippen molar-refractivity contribution in [3.8, 4) is 11.5 Å². The number of nitrogens with one attached hydrogen (secondary N) is 1. The Morgan fingerprint density at radius 1 is 0.578 bits per heavy atom. The van der Waals surface area contributed by atoms with Crippen molar-refractivity contribution >= 4 is 34.8 Å². The fourth-order valence-corrected chi connectivity index (χ4v) is 6.79. The molecule has 344 valence electrons. The number of ketones is 2. The molecule has 4 aromatic carbocycles. The summed E-state index contributed by atoms with van der Waals surface area (Å²) in [6.07, 6.45) is 1.40. The number of amides is 1. The maximum Gasteiger partial charge on any atom is 0.303 e. The van der Waals surface area contributed by atoms with Gasteiger partial charge in [-0.05, 0) is 72.5 Å². The molecule has 17 heteroatoms. The van der Waals surface area contributed by atoms with Gasteiger partial charge < -0.3 is 24.8 Å². The van der Waals surface area contributed by atoms with E-state index in [0.717, 1.165) is 63.9 Å². The van der Waals surface area contributed by atoms with E-state index in [1.807, 2.05) is 29.2 Å². The van der Waals surface area contributed by atoms with Crippen LogP contribution in [0.25, 0.3) is 0 Å². The third kappa shape index (κ3) is 18.0. The monoisotopic (exact) mass is 884 g/mol. The van der Waals surface area contributed by atoms with Gasteiger partial charge in [-0.15, -0.1) is 0 Å². The minimum absolute atomic E-state index is 0. The van der Waals surface area contributed by atoms with Crippen molar-refractivity contribution in [2.45, 2.75) is 59.0 Å². The number of hydrogen-bond donors (Lipinski definition) is 2. The molecule has 0 bridgehead atoms. The van der Waals surface area contributed by atoms with Crippen LogP contribution in [0, 0.1) is 20.2 Å². The first-order chi connectivity index (χ1) is 30.3. The summed E-state index contributed by atoms with van der Waals surface area (Å²) >= 11 is 0. The average molecular weight is 885 g/mol. The van der Waals surface area contributed by atoms with E-state index in [2.05, 4.69) is 39.4 Å². The Morgan fingerprint density at radius 3 is 1.34 bits per heavy atom. The Hall–Kier alpha value is -6.56. The highest BCUT2D eigenvalue weighted by molar-refractivity contribution is 5.97. The number of nitro benzene ring substituents is 2. The van der Waals surface area contributed by atoms with Gasteiger partial charge in [0.1, 0.15) is 11.5 Å². The molecule has 2 aliphatic rings. The van der Waals surface area contributed by atoms with Crippen molar-refractivity contribution < 1.29 is 43.6 Å². The van der Waals surface area contributed by atoms with E-state index in [0.29, 0.717) is 37.1 Å². The van der Waals surface area contributed by atoms with Crippen molar-refractivity contribution in [3.63, 3.8) is 0 Å². The molecule has 4 aromatic rings. The molecule has 17 nitrogen and oxygen atoms in total. The smallest absolute Gasteiger partial charge is 0.303 e. The molecule has 0 unspecified atom stereocenters. The largest absolute Gasteiger partial charge is 0.497 e. The maximum absolute atomic E-state index is 12.5. The number of methoxy groups -OCH3 is 2. The number of hydrogen-bond acceptors (Lipinski definition) is 13. The average Bonchev–Trinajstić information content (AvgIpc) is 3.30. The number of benzene rings is 4. The fraction of sp³-hybridized carbons (Fsp3) is 0.404. The predicted molar refractivity (Wildman–Crippen MR) is 243 cm³/mol. The number of nitro groups is 2. The van der Waals surface area contributed by atoms with Crippen molar-refractivity contribution in [2.24, 2.45) is 0 Å². The lowest BCUT2D eigenvalue weighted by atomic mass is 10.0. The second-order valence-electron chi connectivity index (χ2n) is 14.9. The zero-order chi connectivity index (χ0) is 45.6. The van der Waals surface area contributed by atoms with Crippen LogP contribution < -0.4 is 14.8 Å². The molecular weight excluding hydrogens is 825 g/mol. The predicted octanol–water partition coefficient (Wildman–Crippen LogP) is 7.07. The molecule has 64 heavy (non-hydrogen) atoms. The number of piperazine rings is 2. The molecule has 6 rings (SSSR count). The molecule has 2 fully saturated rings. The molecule has 0 atom stereocenters. The number of non-ortho nitro benzene ring substituents is 2. The number of Topliss-reactive ketones (excluding diaryl/α,β-unsaturated/α-hetero) is 2. The highest BCUT2D eigenvalue weighted by Gasteiger charge is 2.21. The zero-order valence-electron chi connectivity index (χ0n) is 35.8. The van der Waals surface area contributed by atoms with Crippen molar-refractivity contribution in [2.75, 3.05) is 66.6 Å². The summed E-state index contributed by atoms with van der Waals surface area (Å²) in [5.41, 5.74) is 3.25. The Morgan fingerprint density at radius 2 is 0.969 bits per heavy atom. The number of rotatable bonds is 18. The van der Waals surface area contributed by atoms with Crippen LogP contribution in [0.3, 0.4) is 0 Å². The van der Waals surface area contributed by atoms with Gasteiger partial charge in [0.2, 0.25) is 5.91 Å². The lowest BCUT2D eigenvalue weighted by Gasteiger charge is -2.34. The summed E-state index contributed by atoms with van der Waals surface area (Å²) in [6.45, 7) is 9.40. The van der Waals surface area contributed by atoms with Gasteiger partial charge in [0.15, 0.2) is 11.6 Å². The lowest BCUT2D eigenvalue weighted by Crippen LogP contribution is -2.48. The van der Waals surface area contributed by atoms with Gasteiger partial charge in [0, 0.05) is 127 Å². The number of ether oxygens (including phenoxy) is 2. The van der Waals surface area contributed by atoms with Gasteiger partial charge >= 0.3 is 5.97 Å². The Labute approximate surface area is 374 Å². The second kappa shape index (κ2) is 27.5. The van der Waals surface area contributed by atoms with Gasteiger partial charge in [-0.3, -0.25) is 49.2 Å². The maximum atomic E-state index is 12.5. The van der Waals surface area contributed by atoms with Crippen molar-refractivity contribution in [1.82, 2.24) is 20.0 Å². The highest BCUT2D eigenvalue weighted by atomic mass is 16.6. The van der Waals surface area contributed by atoms with E-state index in [4.69, 9.17) is 14.6 Å². The summed E-state index contributed by atoms with van der Waals surface area (Å²) in [5, 5.41) is 32.8. The minimum atomic E-state index is -0.943. The van der Waals surface area contributed by atoms with Gasteiger partial charge in [-0.2, -0.15) is 0 Å². The van der Waals surface area contributed by atoms with E-state index in [-0.39, 0.29) is 62.0 Å². The van der Waals surface area contributed by atoms with E-state index >= 15 is 0 Å². The normalized spacial score (nSPS) is 13.7. The van der Waals surface area contributed by atoms with Crippen LogP contribution in [-0.2, 0) is 22.7 Å². The summed E-state index contributed by atoms with van der Waals surface area (Å²) in [4.78, 5) is 73.2. The van der Waals surface area contributed by atoms with Crippen molar-refractivity contribution in [3.05, 3.63) is 140 Å². The van der Waals surface area contributed by atoms with Crippen LogP contribution >= 0.6 is 0 Å². The molecule has 2 N–H and O–H groups in total. The molecular formula is C47H60N6O11. The van der Waals surface area contributed by atoms with Crippen LogP contribution in [0.1, 0.15) is 77.8 Å². The molecule has 1 amide bonds. The number of nitrogens with zero attached hydrogens (tertiary/aromatic N) is 5. The summed E-state index contributed by atoms with van der Waals surface area (Å²) in [7, 11) is 3.35. The van der Waals surface area contributed by atoms with Crippen LogP contribution in [0.15, 0.2) is 97.1 Å². The van der Waals surface area contributed by atoms with Crippen LogP contribution in [0.2, 0.25) is 0 Å². The first-order valence-electron chi connectivity index (χ1n) is 20.8. The molecule has 0 saturated carbocycles. The molecule has 0 spiro atoms. The molecule has 0 aromatic heterocycles. The Balaban J connectivity index is 0.000000279. The van der Waals surface area contributed by atoms with E-state index < -0.39 is 15.8 Å². The van der Waals surface area contributed by atoms with Crippen LogP contribution in [-0.4, -0.2) is 120 Å². The molecule has 0 radical (unpaired) electrons. The number of carboxylic acid groups (broad SMARTS) is 1. The SMILES string of the molecule is C.COc1ccc(CN2CCN(C(=O)CCCC(=O)c3ccc([N+](=O)[O-])cc3)CC2)cc1.COc1ccc(CN2CCNCC2)cc1.O=C(O)CCCC(=O)c1ccc([N+](=O)[O-])cc1. The van der Waals surface area contributed by atoms with E-state index in [9.17, 15) is 39.4 Å². The molecule has 2 saturated heterocycles. The summed E-state index contributed by atoms with van der Waals surface area (Å²) < 4.78 is 10.3. The zero-order valence-corrected chi connectivity index (χ0v) is 35.8.